The highest BCUT2D eigenvalue weighted by Gasteiger charge is 2.26. The number of hydrogen-bond donors (Lipinski definition) is 1. The Morgan fingerprint density at radius 2 is 2.11 bits per heavy atom. The quantitative estimate of drug-likeness (QED) is 0.764. The van der Waals surface area contributed by atoms with Crippen LogP contribution in [-0.2, 0) is 13.1 Å². The monoisotopic (exact) mass is 372 g/mol. The first-order chi connectivity index (χ1) is 13.3. The molecule has 1 amide bonds. The highest BCUT2D eigenvalue weighted by atomic mass is 16.2. The minimum absolute atomic E-state index is 0.00115. The number of rotatable bonds is 6. The Kier molecular flexibility index (Phi) is 5.78. The van der Waals surface area contributed by atoms with Crippen molar-refractivity contribution in [3.8, 4) is 0 Å². The summed E-state index contributed by atoms with van der Waals surface area (Å²) in [4.78, 5) is 21.3. The molecule has 2 aliphatic heterocycles. The molecular weight excluding hydrogens is 344 g/mol. The lowest BCUT2D eigenvalue weighted by atomic mass is 9.97. The number of imidazole rings is 1. The number of likely N-dealkylation sites (tertiary alicyclic amines) is 1. The SMILES string of the molecule is O=C(c1cn(CCN2CCNCC2)nn1)N1CCCC(Cn2ccnc2)C1. The predicted molar refractivity (Wildman–Crippen MR) is 100 cm³/mol. The molecule has 4 rings (SSSR count). The molecule has 0 aromatic carbocycles. The van der Waals surface area contributed by atoms with Gasteiger partial charge in [-0.25, -0.2) is 4.98 Å². The number of carbonyl (C=O) groups is 1. The van der Waals surface area contributed by atoms with E-state index in [1.807, 2.05) is 17.4 Å². The Labute approximate surface area is 159 Å². The number of piperidine rings is 1. The average molecular weight is 372 g/mol. The maximum Gasteiger partial charge on any atom is 0.276 e. The van der Waals surface area contributed by atoms with Gasteiger partial charge < -0.3 is 14.8 Å². The summed E-state index contributed by atoms with van der Waals surface area (Å²) in [6.07, 6.45) is 9.57. The van der Waals surface area contributed by atoms with Gasteiger partial charge in [0.05, 0.1) is 19.1 Å². The third kappa shape index (κ3) is 4.72. The molecule has 9 nitrogen and oxygen atoms in total. The number of amides is 1. The molecule has 2 aromatic rings. The van der Waals surface area contributed by atoms with Crippen molar-refractivity contribution < 1.29 is 4.79 Å². The van der Waals surface area contributed by atoms with E-state index in [-0.39, 0.29) is 5.91 Å². The Bertz CT molecular complexity index is 722. The lowest BCUT2D eigenvalue weighted by molar-refractivity contribution is 0.0656. The highest BCUT2D eigenvalue weighted by molar-refractivity contribution is 5.92. The minimum atomic E-state index is -0.00115. The van der Waals surface area contributed by atoms with E-state index in [2.05, 4.69) is 30.1 Å². The Balaban J connectivity index is 1.30. The molecule has 27 heavy (non-hydrogen) atoms. The van der Waals surface area contributed by atoms with E-state index in [4.69, 9.17) is 0 Å². The number of piperazine rings is 1. The van der Waals surface area contributed by atoms with E-state index in [0.717, 1.165) is 71.7 Å². The van der Waals surface area contributed by atoms with Crippen LogP contribution < -0.4 is 5.32 Å². The Hall–Kier alpha value is -2.26. The van der Waals surface area contributed by atoms with Crippen molar-refractivity contribution in [3.05, 3.63) is 30.6 Å². The zero-order chi connectivity index (χ0) is 18.5. The molecule has 2 aromatic heterocycles. The molecule has 2 aliphatic rings. The van der Waals surface area contributed by atoms with Crippen LogP contribution in [0.25, 0.3) is 0 Å². The number of carbonyl (C=O) groups excluding carboxylic acids is 1. The summed E-state index contributed by atoms with van der Waals surface area (Å²) in [5.74, 6) is 0.457. The Morgan fingerprint density at radius 1 is 1.22 bits per heavy atom. The normalized spacial score (nSPS) is 21.5. The van der Waals surface area contributed by atoms with Crippen molar-refractivity contribution in [2.75, 3.05) is 45.8 Å². The van der Waals surface area contributed by atoms with Crippen LogP contribution >= 0.6 is 0 Å². The van der Waals surface area contributed by atoms with Crippen LogP contribution in [0.2, 0.25) is 0 Å². The first-order valence-electron chi connectivity index (χ1n) is 9.86. The molecule has 2 saturated heterocycles. The summed E-state index contributed by atoms with van der Waals surface area (Å²) in [5.41, 5.74) is 0.457. The van der Waals surface area contributed by atoms with E-state index in [0.29, 0.717) is 11.6 Å². The fourth-order valence-electron chi connectivity index (χ4n) is 3.94. The lowest BCUT2D eigenvalue weighted by Gasteiger charge is -2.32. The fourth-order valence-corrected chi connectivity index (χ4v) is 3.94. The number of nitrogens with one attached hydrogen (secondary N) is 1. The van der Waals surface area contributed by atoms with Gasteiger partial charge >= 0.3 is 0 Å². The molecule has 0 bridgehead atoms. The second kappa shape index (κ2) is 8.62. The van der Waals surface area contributed by atoms with Crippen LogP contribution in [0.15, 0.2) is 24.9 Å². The summed E-state index contributed by atoms with van der Waals surface area (Å²) in [6, 6.07) is 0. The summed E-state index contributed by atoms with van der Waals surface area (Å²) in [6.45, 7) is 8.38. The average Bonchev–Trinajstić information content (AvgIpc) is 3.39. The lowest BCUT2D eigenvalue weighted by Crippen LogP contribution is -2.44. The van der Waals surface area contributed by atoms with E-state index in [1.54, 1.807) is 17.1 Å². The van der Waals surface area contributed by atoms with Crippen LogP contribution in [0.1, 0.15) is 23.3 Å². The van der Waals surface area contributed by atoms with Gasteiger partial charge in [0.15, 0.2) is 5.69 Å². The van der Waals surface area contributed by atoms with E-state index < -0.39 is 0 Å². The third-order valence-corrected chi connectivity index (χ3v) is 5.45. The van der Waals surface area contributed by atoms with Gasteiger partial charge in [0.2, 0.25) is 0 Å². The molecule has 1 N–H and O–H groups in total. The van der Waals surface area contributed by atoms with Crippen molar-refractivity contribution in [2.45, 2.75) is 25.9 Å². The smallest absolute Gasteiger partial charge is 0.276 e. The van der Waals surface area contributed by atoms with Crippen molar-refractivity contribution in [1.82, 2.24) is 39.7 Å². The molecule has 1 unspecified atom stereocenters. The first-order valence-corrected chi connectivity index (χ1v) is 9.86. The summed E-state index contributed by atoms with van der Waals surface area (Å²) < 4.78 is 3.88. The maximum atomic E-state index is 12.8. The topological polar surface area (TPSA) is 84.1 Å². The van der Waals surface area contributed by atoms with Crippen molar-refractivity contribution in [3.63, 3.8) is 0 Å². The molecule has 4 heterocycles. The molecule has 0 radical (unpaired) electrons. The van der Waals surface area contributed by atoms with Gasteiger partial charge in [-0.05, 0) is 18.8 Å². The van der Waals surface area contributed by atoms with Crippen molar-refractivity contribution >= 4 is 5.91 Å². The Morgan fingerprint density at radius 3 is 2.93 bits per heavy atom. The van der Waals surface area contributed by atoms with Gasteiger partial charge in [0.25, 0.3) is 5.91 Å². The molecular formula is C18H28N8O. The van der Waals surface area contributed by atoms with Gasteiger partial charge in [0, 0.05) is 64.8 Å². The zero-order valence-electron chi connectivity index (χ0n) is 15.7. The molecule has 0 spiro atoms. The number of nitrogens with zero attached hydrogens (tertiary/aromatic N) is 7. The van der Waals surface area contributed by atoms with Crippen LogP contribution in [0.5, 0.6) is 0 Å². The first kappa shape index (κ1) is 18.1. The van der Waals surface area contributed by atoms with Crippen LogP contribution in [0, 0.1) is 5.92 Å². The molecule has 1 atom stereocenters. The maximum absolute atomic E-state index is 12.8. The predicted octanol–water partition coefficient (Wildman–Crippen LogP) is -0.0678. The van der Waals surface area contributed by atoms with Crippen LogP contribution in [0.4, 0.5) is 0 Å². The van der Waals surface area contributed by atoms with Crippen LogP contribution in [-0.4, -0.2) is 86.1 Å². The second-order valence-electron chi connectivity index (χ2n) is 7.48. The molecule has 146 valence electrons. The third-order valence-electron chi connectivity index (χ3n) is 5.45. The van der Waals surface area contributed by atoms with E-state index in [9.17, 15) is 4.79 Å². The van der Waals surface area contributed by atoms with E-state index in [1.165, 1.54) is 0 Å². The van der Waals surface area contributed by atoms with Crippen molar-refractivity contribution in [1.29, 1.82) is 0 Å². The van der Waals surface area contributed by atoms with Crippen LogP contribution in [0.3, 0.4) is 0 Å². The second-order valence-corrected chi connectivity index (χ2v) is 7.48. The van der Waals surface area contributed by atoms with Crippen molar-refractivity contribution in [2.24, 2.45) is 5.92 Å². The summed E-state index contributed by atoms with van der Waals surface area (Å²) >= 11 is 0. The van der Waals surface area contributed by atoms with Gasteiger partial charge in [-0.1, -0.05) is 5.21 Å². The van der Waals surface area contributed by atoms with E-state index >= 15 is 0 Å². The fraction of sp³-hybridized carbons (Fsp3) is 0.667. The van der Waals surface area contributed by atoms with Gasteiger partial charge in [-0.2, -0.15) is 0 Å². The molecule has 0 saturated carbocycles. The van der Waals surface area contributed by atoms with Gasteiger partial charge in [-0.15, -0.1) is 5.10 Å². The molecule has 2 fully saturated rings. The number of hydrogen-bond acceptors (Lipinski definition) is 6. The minimum Gasteiger partial charge on any atom is -0.337 e. The summed E-state index contributed by atoms with van der Waals surface area (Å²) in [7, 11) is 0. The number of aromatic nitrogens is 5. The van der Waals surface area contributed by atoms with Gasteiger partial charge in [-0.3, -0.25) is 14.4 Å². The zero-order valence-corrected chi connectivity index (χ0v) is 15.7. The molecule has 9 heteroatoms. The van der Waals surface area contributed by atoms with Gasteiger partial charge in [0.1, 0.15) is 0 Å². The molecule has 0 aliphatic carbocycles. The standard InChI is InChI=1S/C18H28N8O/c27-18(25-6-1-2-16(13-25)12-24-9-5-20-15-24)17-14-26(22-21-17)11-10-23-7-3-19-4-8-23/h5,9,14-16,19H,1-4,6-8,10-13H2. The summed E-state index contributed by atoms with van der Waals surface area (Å²) in [5, 5.41) is 11.6. The largest absolute Gasteiger partial charge is 0.337 e. The highest BCUT2D eigenvalue weighted by Crippen LogP contribution is 2.19.